The number of aliphatic hydroxyl groups is 1. The van der Waals surface area contributed by atoms with Crippen molar-refractivity contribution in [1.29, 1.82) is 0 Å². The molecule has 0 spiro atoms. The van der Waals surface area contributed by atoms with Crippen molar-refractivity contribution < 1.29 is 5.11 Å². The van der Waals surface area contributed by atoms with Crippen LogP contribution < -0.4 is 0 Å². The minimum absolute atomic E-state index is 0.0617. The first-order chi connectivity index (χ1) is 7.48. The summed E-state index contributed by atoms with van der Waals surface area (Å²) in [6.45, 7) is 6.51. The van der Waals surface area contributed by atoms with E-state index in [1.807, 2.05) is 0 Å². The second-order valence-electron chi connectivity index (χ2n) is 7.19. The van der Waals surface area contributed by atoms with Gasteiger partial charge in [-0.3, -0.25) is 0 Å². The fourth-order valence-electron chi connectivity index (χ4n) is 3.90. The molecule has 0 saturated heterocycles. The molecule has 1 heteroatoms. The molecule has 0 bridgehead atoms. The molecule has 0 aliphatic heterocycles. The fraction of sp³-hybridized carbons (Fsp3) is 1.00. The molecule has 0 radical (unpaired) electrons. The molecule has 0 heterocycles. The van der Waals surface area contributed by atoms with E-state index in [0.717, 1.165) is 11.8 Å². The van der Waals surface area contributed by atoms with Crippen LogP contribution in [0.4, 0.5) is 0 Å². The van der Waals surface area contributed by atoms with Crippen molar-refractivity contribution in [1.82, 2.24) is 0 Å². The third-order valence-corrected chi connectivity index (χ3v) is 4.91. The van der Waals surface area contributed by atoms with E-state index in [4.69, 9.17) is 0 Å². The van der Waals surface area contributed by atoms with Gasteiger partial charge in [0, 0.05) is 0 Å². The fourth-order valence-corrected chi connectivity index (χ4v) is 3.90. The van der Waals surface area contributed by atoms with Gasteiger partial charge in [-0.15, -0.1) is 0 Å². The molecule has 0 aromatic rings. The van der Waals surface area contributed by atoms with Crippen LogP contribution in [0.15, 0.2) is 0 Å². The molecule has 1 nitrogen and oxygen atoms in total. The number of rotatable bonds is 1. The van der Waals surface area contributed by atoms with Crippen LogP contribution >= 0.6 is 0 Å². The van der Waals surface area contributed by atoms with E-state index in [1.165, 1.54) is 44.9 Å². The topological polar surface area (TPSA) is 20.2 Å². The molecule has 2 aliphatic carbocycles. The van der Waals surface area contributed by atoms with E-state index in [0.29, 0.717) is 5.92 Å². The summed E-state index contributed by atoms with van der Waals surface area (Å²) < 4.78 is 0. The van der Waals surface area contributed by atoms with E-state index in [9.17, 15) is 5.11 Å². The second kappa shape index (κ2) is 4.68. The lowest BCUT2D eigenvalue weighted by Gasteiger charge is -2.43. The summed E-state index contributed by atoms with van der Waals surface area (Å²) in [6, 6.07) is 0. The summed E-state index contributed by atoms with van der Waals surface area (Å²) in [4.78, 5) is 0. The average Bonchev–Trinajstić information content (AvgIpc) is 2.26. The van der Waals surface area contributed by atoms with E-state index in [-0.39, 0.29) is 11.5 Å². The zero-order valence-electron chi connectivity index (χ0n) is 11.2. The summed E-state index contributed by atoms with van der Waals surface area (Å²) >= 11 is 0. The first kappa shape index (κ1) is 12.4. The van der Waals surface area contributed by atoms with Gasteiger partial charge in [-0.05, 0) is 42.4 Å². The summed E-state index contributed by atoms with van der Waals surface area (Å²) in [5, 5.41) is 10.4. The van der Waals surface area contributed by atoms with Crippen LogP contribution in [-0.4, -0.2) is 11.2 Å². The Morgan fingerprint density at radius 3 is 2.19 bits per heavy atom. The maximum atomic E-state index is 10.4. The molecule has 16 heavy (non-hydrogen) atoms. The number of fused-ring (bicyclic) bond motifs is 1. The predicted molar refractivity (Wildman–Crippen MR) is 68.3 cm³/mol. The molecule has 0 amide bonds. The zero-order valence-corrected chi connectivity index (χ0v) is 11.2. The molecular weight excluding hydrogens is 196 g/mol. The van der Waals surface area contributed by atoms with Crippen molar-refractivity contribution in [3.8, 4) is 0 Å². The van der Waals surface area contributed by atoms with Gasteiger partial charge in [0.1, 0.15) is 0 Å². The normalized spacial score (nSPS) is 37.9. The maximum absolute atomic E-state index is 10.4. The van der Waals surface area contributed by atoms with Crippen molar-refractivity contribution in [2.45, 2.75) is 71.8 Å². The Kier molecular flexibility index (Phi) is 3.63. The van der Waals surface area contributed by atoms with Crippen molar-refractivity contribution in [2.75, 3.05) is 0 Å². The van der Waals surface area contributed by atoms with Gasteiger partial charge in [-0.1, -0.05) is 46.5 Å². The zero-order chi connectivity index (χ0) is 11.8. The van der Waals surface area contributed by atoms with Gasteiger partial charge in [-0.2, -0.15) is 0 Å². The first-order valence-corrected chi connectivity index (χ1v) is 7.16. The largest absolute Gasteiger partial charge is 0.392 e. The Bertz CT molecular complexity index is 228. The molecule has 2 aliphatic rings. The van der Waals surface area contributed by atoms with Crippen LogP contribution in [0.2, 0.25) is 0 Å². The van der Waals surface area contributed by atoms with Gasteiger partial charge in [0.2, 0.25) is 0 Å². The van der Waals surface area contributed by atoms with Gasteiger partial charge in [-0.25, -0.2) is 0 Å². The van der Waals surface area contributed by atoms with Crippen LogP contribution in [0.3, 0.4) is 0 Å². The lowest BCUT2D eigenvalue weighted by Crippen LogP contribution is -2.39. The summed E-state index contributed by atoms with van der Waals surface area (Å²) in [6.07, 6.45) is 9.61. The number of hydrogen-bond donors (Lipinski definition) is 1. The van der Waals surface area contributed by atoms with Crippen LogP contribution in [0, 0.1) is 23.2 Å². The number of hydrogen-bond acceptors (Lipinski definition) is 1. The maximum Gasteiger partial charge on any atom is 0.0616 e. The summed E-state index contributed by atoms with van der Waals surface area (Å²) in [5.41, 5.74) is 0.0617. The predicted octanol–water partition coefficient (Wildman–Crippen LogP) is 4.00. The van der Waals surface area contributed by atoms with Gasteiger partial charge >= 0.3 is 0 Å². The SMILES string of the molecule is CC(C)(C)C(O)C1CCC2CCCCC2C1. The third kappa shape index (κ3) is 2.61. The lowest BCUT2D eigenvalue weighted by molar-refractivity contribution is -0.0262. The molecule has 0 aromatic carbocycles. The highest BCUT2D eigenvalue weighted by atomic mass is 16.3. The Morgan fingerprint density at radius 1 is 0.938 bits per heavy atom. The van der Waals surface area contributed by atoms with Crippen LogP contribution in [-0.2, 0) is 0 Å². The minimum Gasteiger partial charge on any atom is -0.392 e. The Hall–Kier alpha value is -0.0400. The molecule has 94 valence electrons. The minimum atomic E-state index is -0.102. The van der Waals surface area contributed by atoms with Gasteiger partial charge in [0.25, 0.3) is 0 Å². The van der Waals surface area contributed by atoms with Crippen molar-refractivity contribution in [3.63, 3.8) is 0 Å². The molecule has 2 rings (SSSR count). The Morgan fingerprint density at radius 2 is 1.56 bits per heavy atom. The molecule has 2 fully saturated rings. The first-order valence-electron chi connectivity index (χ1n) is 7.16. The van der Waals surface area contributed by atoms with Gasteiger partial charge in [0.15, 0.2) is 0 Å². The highest BCUT2D eigenvalue weighted by molar-refractivity contribution is 4.89. The molecule has 1 N–H and O–H groups in total. The van der Waals surface area contributed by atoms with Gasteiger partial charge in [0.05, 0.1) is 6.10 Å². The van der Waals surface area contributed by atoms with E-state index >= 15 is 0 Å². The van der Waals surface area contributed by atoms with E-state index in [2.05, 4.69) is 20.8 Å². The molecule has 4 atom stereocenters. The quantitative estimate of drug-likeness (QED) is 0.714. The van der Waals surface area contributed by atoms with Crippen LogP contribution in [0.1, 0.15) is 65.7 Å². The monoisotopic (exact) mass is 224 g/mol. The van der Waals surface area contributed by atoms with Crippen molar-refractivity contribution in [2.24, 2.45) is 23.2 Å². The van der Waals surface area contributed by atoms with E-state index < -0.39 is 0 Å². The standard InChI is InChI=1S/C15H28O/c1-15(2,3)14(16)13-9-8-11-6-4-5-7-12(11)10-13/h11-14,16H,4-10H2,1-3H3. The number of aliphatic hydroxyl groups excluding tert-OH is 1. The molecular formula is C15H28O. The molecule has 0 aromatic heterocycles. The second-order valence-corrected chi connectivity index (χ2v) is 7.19. The highest BCUT2D eigenvalue weighted by Crippen LogP contribution is 2.45. The highest BCUT2D eigenvalue weighted by Gasteiger charge is 2.38. The summed E-state index contributed by atoms with van der Waals surface area (Å²) in [7, 11) is 0. The summed E-state index contributed by atoms with van der Waals surface area (Å²) in [5.74, 6) is 2.50. The van der Waals surface area contributed by atoms with Crippen molar-refractivity contribution >= 4 is 0 Å². The van der Waals surface area contributed by atoms with E-state index in [1.54, 1.807) is 0 Å². The average molecular weight is 224 g/mol. The smallest absolute Gasteiger partial charge is 0.0616 e. The molecule has 4 unspecified atom stereocenters. The van der Waals surface area contributed by atoms with Crippen LogP contribution in [0.25, 0.3) is 0 Å². The lowest BCUT2D eigenvalue weighted by atomic mass is 9.64. The van der Waals surface area contributed by atoms with Crippen molar-refractivity contribution in [3.05, 3.63) is 0 Å². The molecule has 2 saturated carbocycles. The van der Waals surface area contributed by atoms with Gasteiger partial charge < -0.3 is 5.11 Å². The van der Waals surface area contributed by atoms with Crippen LogP contribution in [0.5, 0.6) is 0 Å². The Balaban J connectivity index is 1.94. The Labute approximate surface area is 101 Å². The third-order valence-electron chi connectivity index (χ3n) is 4.91.